The molecule has 0 aromatic carbocycles. The molecule has 2 unspecified atom stereocenters. The molecule has 0 bridgehead atoms. The van der Waals surface area contributed by atoms with Gasteiger partial charge in [-0.15, -0.1) is 11.3 Å². The van der Waals surface area contributed by atoms with Crippen LogP contribution in [-0.2, 0) is 24.7 Å². The van der Waals surface area contributed by atoms with Crippen molar-refractivity contribution in [3.8, 4) is 0 Å². The number of nitrogens with zero attached hydrogens (tertiary/aromatic N) is 4. The number of carbonyl (C=O) groups excluding carboxylic acids is 1. The summed E-state index contributed by atoms with van der Waals surface area (Å²) in [4.78, 5) is 23.2. The first-order valence-electron chi connectivity index (χ1n) is 8.44. The molecule has 2 aromatic rings. The minimum Gasteiger partial charge on any atom is -0.385 e. The van der Waals surface area contributed by atoms with E-state index in [1.807, 2.05) is 28.1 Å². The molecule has 1 aliphatic heterocycles. The van der Waals surface area contributed by atoms with Gasteiger partial charge in [0.05, 0.1) is 17.1 Å². The van der Waals surface area contributed by atoms with Gasteiger partial charge in [-0.2, -0.15) is 0 Å². The molecule has 1 fully saturated rings. The van der Waals surface area contributed by atoms with E-state index < -0.39 is 6.10 Å². The Morgan fingerprint density at radius 3 is 3.04 bits per heavy atom. The minimum atomic E-state index is -0.633. The van der Waals surface area contributed by atoms with Gasteiger partial charge in [0, 0.05) is 43.8 Å². The molecule has 3 heterocycles. The van der Waals surface area contributed by atoms with Crippen molar-refractivity contribution >= 4 is 17.2 Å². The Kier molecular flexibility index (Phi) is 5.30. The molecule has 2 aromatic heterocycles. The second-order valence-electron chi connectivity index (χ2n) is 6.35. The molecule has 6 nitrogen and oxygen atoms in total. The summed E-state index contributed by atoms with van der Waals surface area (Å²) in [5.41, 5.74) is 0.855. The van der Waals surface area contributed by atoms with Crippen LogP contribution in [0.5, 0.6) is 0 Å². The molecule has 1 amide bonds. The number of hydrogen-bond acceptors (Lipinski definition) is 5. The molecular formula is C17H24N4O2S. The number of carbonyl (C=O) groups is 1. The minimum absolute atomic E-state index is 0.0328. The van der Waals surface area contributed by atoms with E-state index in [2.05, 4.69) is 16.9 Å². The zero-order valence-electron chi connectivity index (χ0n) is 14.2. The number of aliphatic hydroxyl groups excluding tert-OH is 1. The Labute approximate surface area is 146 Å². The number of aryl methyl sites for hydroxylation is 2. The third-order valence-corrected chi connectivity index (χ3v) is 5.66. The standard InChI is InChI=1S/C17H24N4O2S/c1-3-14-19-13(11-24-14)9-15(22)21-7-4-5-12(10-21)16(23)17-18-6-8-20(17)2/h6,8,11-12,16,23H,3-5,7,9-10H2,1-2H3. The largest absolute Gasteiger partial charge is 0.385 e. The lowest BCUT2D eigenvalue weighted by Gasteiger charge is -2.34. The molecule has 2 atom stereocenters. The Balaban J connectivity index is 1.62. The number of thiazole rings is 1. The number of piperidine rings is 1. The Bertz CT molecular complexity index is 696. The van der Waals surface area contributed by atoms with Crippen LogP contribution in [0.1, 0.15) is 42.4 Å². The Morgan fingerprint density at radius 1 is 1.54 bits per heavy atom. The van der Waals surface area contributed by atoms with Crippen LogP contribution in [0.2, 0.25) is 0 Å². The van der Waals surface area contributed by atoms with Crippen molar-refractivity contribution in [3.05, 3.63) is 34.3 Å². The van der Waals surface area contributed by atoms with Gasteiger partial charge in [-0.3, -0.25) is 4.79 Å². The van der Waals surface area contributed by atoms with Gasteiger partial charge in [0.1, 0.15) is 11.9 Å². The van der Waals surface area contributed by atoms with Crippen LogP contribution in [0.25, 0.3) is 0 Å². The number of amides is 1. The molecule has 130 valence electrons. The zero-order chi connectivity index (χ0) is 17.1. The topological polar surface area (TPSA) is 71.2 Å². The van der Waals surface area contributed by atoms with Crippen LogP contribution in [0, 0.1) is 5.92 Å². The highest BCUT2D eigenvalue weighted by Crippen LogP contribution is 2.29. The molecule has 0 radical (unpaired) electrons. The van der Waals surface area contributed by atoms with Crippen molar-refractivity contribution in [2.75, 3.05) is 13.1 Å². The van der Waals surface area contributed by atoms with E-state index in [-0.39, 0.29) is 11.8 Å². The zero-order valence-corrected chi connectivity index (χ0v) is 15.0. The first kappa shape index (κ1) is 17.1. The summed E-state index contributed by atoms with van der Waals surface area (Å²) < 4.78 is 1.84. The highest BCUT2D eigenvalue weighted by Gasteiger charge is 2.31. The summed E-state index contributed by atoms with van der Waals surface area (Å²) >= 11 is 1.61. The average Bonchev–Trinajstić information content (AvgIpc) is 3.23. The van der Waals surface area contributed by atoms with E-state index >= 15 is 0 Å². The predicted octanol–water partition coefficient (Wildman–Crippen LogP) is 1.95. The van der Waals surface area contributed by atoms with Crippen LogP contribution >= 0.6 is 11.3 Å². The van der Waals surface area contributed by atoms with E-state index in [1.165, 1.54) is 0 Å². The number of aliphatic hydroxyl groups is 1. The van der Waals surface area contributed by atoms with Crippen molar-refractivity contribution in [2.45, 2.75) is 38.7 Å². The van der Waals surface area contributed by atoms with Gasteiger partial charge in [-0.1, -0.05) is 6.92 Å². The lowest BCUT2D eigenvalue weighted by Crippen LogP contribution is -2.42. The van der Waals surface area contributed by atoms with Crippen molar-refractivity contribution in [2.24, 2.45) is 13.0 Å². The summed E-state index contributed by atoms with van der Waals surface area (Å²) in [5.74, 6) is 0.798. The average molecular weight is 348 g/mol. The van der Waals surface area contributed by atoms with Gasteiger partial charge < -0.3 is 14.6 Å². The van der Waals surface area contributed by atoms with Gasteiger partial charge >= 0.3 is 0 Å². The molecule has 7 heteroatoms. The molecular weight excluding hydrogens is 324 g/mol. The summed E-state index contributed by atoms with van der Waals surface area (Å²) in [7, 11) is 1.88. The lowest BCUT2D eigenvalue weighted by atomic mass is 9.91. The van der Waals surface area contributed by atoms with Crippen LogP contribution in [0.3, 0.4) is 0 Å². The number of likely N-dealkylation sites (tertiary alicyclic amines) is 1. The van der Waals surface area contributed by atoms with Gasteiger partial charge in [-0.25, -0.2) is 9.97 Å². The third-order valence-electron chi connectivity index (χ3n) is 4.61. The van der Waals surface area contributed by atoms with Crippen molar-refractivity contribution in [1.29, 1.82) is 0 Å². The highest BCUT2D eigenvalue weighted by atomic mass is 32.1. The fraction of sp³-hybridized carbons (Fsp3) is 0.588. The third kappa shape index (κ3) is 3.67. The Morgan fingerprint density at radius 2 is 2.38 bits per heavy atom. The summed E-state index contributed by atoms with van der Waals surface area (Å²) in [6.07, 6.45) is 5.97. The fourth-order valence-corrected chi connectivity index (χ4v) is 3.97. The molecule has 1 aliphatic rings. The van der Waals surface area contributed by atoms with Crippen molar-refractivity contribution < 1.29 is 9.90 Å². The quantitative estimate of drug-likeness (QED) is 0.896. The van der Waals surface area contributed by atoms with Gasteiger partial charge in [0.15, 0.2) is 0 Å². The predicted molar refractivity (Wildman–Crippen MR) is 92.7 cm³/mol. The molecule has 1 saturated heterocycles. The normalized spacial score (nSPS) is 19.5. The molecule has 24 heavy (non-hydrogen) atoms. The number of imidazole rings is 1. The highest BCUT2D eigenvalue weighted by molar-refractivity contribution is 7.09. The van der Waals surface area contributed by atoms with E-state index in [4.69, 9.17) is 0 Å². The smallest absolute Gasteiger partial charge is 0.228 e. The molecule has 3 rings (SSSR count). The summed E-state index contributed by atoms with van der Waals surface area (Å²) in [6.45, 7) is 3.41. The maximum absolute atomic E-state index is 12.6. The van der Waals surface area contributed by atoms with Crippen LogP contribution in [0.4, 0.5) is 0 Å². The van der Waals surface area contributed by atoms with Crippen molar-refractivity contribution in [1.82, 2.24) is 19.4 Å². The van der Waals surface area contributed by atoms with Crippen LogP contribution in [0.15, 0.2) is 17.8 Å². The fourth-order valence-electron chi connectivity index (χ4n) is 3.23. The number of hydrogen-bond donors (Lipinski definition) is 1. The Hall–Kier alpha value is -1.73. The van der Waals surface area contributed by atoms with Gasteiger partial charge in [0.2, 0.25) is 5.91 Å². The second kappa shape index (κ2) is 7.44. The maximum atomic E-state index is 12.6. The first-order valence-corrected chi connectivity index (χ1v) is 9.32. The van der Waals surface area contributed by atoms with E-state index in [0.29, 0.717) is 18.8 Å². The summed E-state index contributed by atoms with van der Waals surface area (Å²) in [5, 5.41) is 13.6. The molecule has 0 saturated carbocycles. The number of aromatic nitrogens is 3. The van der Waals surface area contributed by atoms with Gasteiger partial charge in [0.25, 0.3) is 0 Å². The van der Waals surface area contributed by atoms with E-state index in [1.54, 1.807) is 17.5 Å². The monoisotopic (exact) mass is 348 g/mol. The van der Waals surface area contributed by atoms with Crippen molar-refractivity contribution in [3.63, 3.8) is 0 Å². The van der Waals surface area contributed by atoms with Crippen LogP contribution in [-0.4, -0.2) is 43.5 Å². The maximum Gasteiger partial charge on any atom is 0.228 e. The summed E-state index contributed by atoms with van der Waals surface area (Å²) in [6, 6.07) is 0. The lowest BCUT2D eigenvalue weighted by molar-refractivity contribution is -0.133. The van der Waals surface area contributed by atoms with Gasteiger partial charge in [-0.05, 0) is 19.3 Å². The van der Waals surface area contributed by atoms with E-state index in [0.717, 1.165) is 36.5 Å². The first-order chi connectivity index (χ1) is 11.6. The molecule has 0 aliphatic carbocycles. The van der Waals surface area contributed by atoms with Crippen LogP contribution < -0.4 is 0 Å². The molecule has 1 N–H and O–H groups in total. The van der Waals surface area contributed by atoms with E-state index in [9.17, 15) is 9.90 Å². The number of rotatable bonds is 5. The second-order valence-corrected chi connectivity index (χ2v) is 7.29. The SMILES string of the molecule is CCc1nc(CC(=O)N2CCCC(C(O)c3nccn3C)C2)cs1. The molecule has 0 spiro atoms.